The van der Waals surface area contributed by atoms with Crippen molar-refractivity contribution in [3.8, 4) is 0 Å². The minimum absolute atomic E-state index is 0.719. The molecule has 2 nitrogen and oxygen atoms in total. The molecule has 0 unspecified atom stereocenters. The molecule has 0 saturated heterocycles. The van der Waals surface area contributed by atoms with E-state index < -0.39 is 0 Å². The van der Waals surface area contributed by atoms with E-state index in [1.165, 1.54) is 0 Å². The van der Waals surface area contributed by atoms with E-state index in [0.717, 1.165) is 24.4 Å². The van der Waals surface area contributed by atoms with Gasteiger partial charge in [-0.25, -0.2) is 0 Å². The maximum absolute atomic E-state index is 4.96. The molecule has 0 aliphatic rings. The van der Waals surface area contributed by atoms with E-state index in [9.17, 15) is 0 Å². The van der Waals surface area contributed by atoms with Gasteiger partial charge < -0.3 is 9.64 Å². The molecule has 15 heavy (non-hydrogen) atoms. The minimum Gasteiger partial charge on any atom is -0.383 e. The Labute approximate surface area is 94.9 Å². The highest BCUT2D eigenvalue weighted by atomic mass is 16.5. The van der Waals surface area contributed by atoms with Gasteiger partial charge in [-0.15, -0.1) is 0 Å². The van der Waals surface area contributed by atoms with Crippen molar-refractivity contribution in [2.45, 2.75) is 20.8 Å². The fourth-order valence-corrected chi connectivity index (χ4v) is 0.738. The second-order valence-corrected chi connectivity index (χ2v) is 3.09. The monoisotopic (exact) mass is 211 g/mol. The van der Waals surface area contributed by atoms with E-state index in [-0.39, 0.29) is 0 Å². The first kappa shape index (κ1) is 16.4. The highest BCUT2D eigenvalue weighted by molar-refractivity contribution is 5.21. The average molecular weight is 211 g/mol. The zero-order valence-electron chi connectivity index (χ0n) is 10.8. The Balaban J connectivity index is 0. The first-order chi connectivity index (χ1) is 7.07. The minimum atomic E-state index is 0.719. The largest absolute Gasteiger partial charge is 0.383 e. The summed E-state index contributed by atoms with van der Waals surface area (Å²) in [6, 6.07) is 0. The van der Waals surface area contributed by atoms with Crippen LogP contribution >= 0.6 is 0 Å². The van der Waals surface area contributed by atoms with Gasteiger partial charge in [-0.05, 0) is 13.0 Å². The summed E-state index contributed by atoms with van der Waals surface area (Å²) >= 11 is 0. The number of methoxy groups -OCH3 is 1. The van der Waals surface area contributed by atoms with Gasteiger partial charge in [0, 0.05) is 26.4 Å². The Bertz CT molecular complexity index is 207. The van der Waals surface area contributed by atoms with Gasteiger partial charge in [0.1, 0.15) is 0 Å². The van der Waals surface area contributed by atoms with E-state index >= 15 is 0 Å². The lowest BCUT2D eigenvalue weighted by molar-refractivity contribution is 0.175. The molecule has 0 bridgehead atoms. The Hall–Kier alpha value is -1.02. The lowest BCUT2D eigenvalue weighted by atomic mass is 10.3. The van der Waals surface area contributed by atoms with Crippen molar-refractivity contribution in [3.05, 3.63) is 36.6 Å². The van der Waals surface area contributed by atoms with Crippen LogP contribution in [0.1, 0.15) is 20.8 Å². The highest BCUT2D eigenvalue weighted by Gasteiger charge is 1.96. The lowest BCUT2D eigenvalue weighted by Gasteiger charge is -2.18. The van der Waals surface area contributed by atoms with Crippen molar-refractivity contribution in [2.24, 2.45) is 0 Å². The summed E-state index contributed by atoms with van der Waals surface area (Å²) in [6.07, 6.45) is 3.91. The molecule has 0 atom stereocenters. The Morgan fingerprint density at radius 2 is 1.80 bits per heavy atom. The molecule has 2 heteroatoms. The molecule has 0 aromatic carbocycles. The second-order valence-electron chi connectivity index (χ2n) is 3.09. The van der Waals surface area contributed by atoms with Crippen LogP contribution in [0.25, 0.3) is 0 Å². The maximum Gasteiger partial charge on any atom is 0.0637 e. The molecule has 0 spiro atoms. The van der Waals surface area contributed by atoms with Gasteiger partial charge in [0.25, 0.3) is 0 Å². The number of allylic oxidation sites excluding steroid dienone is 3. The smallest absolute Gasteiger partial charge is 0.0637 e. The Kier molecular flexibility index (Phi) is 12.1. The van der Waals surface area contributed by atoms with Crippen molar-refractivity contribution in [2.75, 3.05) is 27.3 Å². The Morgan fingerprint density at radius 1 is 1.27 bits per heavy atom. The zero-order valence-corrected chi connectivity index (χ0v) is 10.8. The van der Waals surface area contributed by atoms with Gasteiger partial charge >= 0.3 is 0 Å². The third-order valence-electron chi connectivity index (χ3n) is 1.68. The number of hydrogen-bond acceptors (Lipinski definition) is 2. The molecular weight excluding hydrogens is 186 g/mol. The lowest BCUT2D eigenvalue weighted by Crippen LogP contribution is -2.20. The van der Waals surface area contributed by atoms with Gasteiger partial charge in [-0.1, -0.05) is 38.7 Å². The molecule has 0 N–H and O–H groups in total. The quantitative estimate of drug-likeness (QED) is 0.625. The van der Waals surface area contributed by atoms with Crippen LogP contribution in [0.4, 0.5) is 0 Å². The number of ether oxygens (including phenoxy) is 1. The SMILES string of the molecule is C=C(C)/C=C\C(=C)N(C)CCOC.CC. The summed E-state index contributed by atoms with van der Waals surface area (Å²) in [5.74, 6) is 0. The number of rotatable bonds is 6. The molecule has 0 heterocycles. The standard InChI is InChI=1S/C11H19NO.C2H6/c1-10(2)6-7-11(3)12(4)8-9-13-5;1-2/h6-7H,1,3,8-9H2,2,4-5H3;1-2H3/b7-6-;. The predicted molar refractivity (Wildman–Crippen MR) is 68.9 cm³/mol. The van der Waals surface area contributed by atoms with Crippen LogP contribution < -0.4 is 0 Å². The van der Waals surface area contributed by atoms with Crippen LogP contribution in [0.2, 0.25) is 0 Å². The van der Waals surface area contributed by atoms with Crippen LogP contribution in [0.3, 0.4) is 0 Å². The van der Waals surface area contributed by atoms with E-state index in [1.54, 1.807) is 7.11 Å². The normalized spacial score (nSPS) is 9.40. The predicted octanol–water partition coefficient (Wildman–Crippen LogP) is 3.24. The molecule has 0 rings (SSSR count). The second kappa shape index (κ2) is 11.1. The highest BCUT2D eigenvalue weighted by Crippen LogP contribution is 2.01. The van der Waals surface area contributed by atoms with E-state index in [4.69, 9.17) is 4.74 Å². The third-order valence-corrected chi connectivity index (χ3v) is 1.68. The summed E-state index contributed by atoms with van der Waals surface area (Å²) in [5.41, 5.74) is 2.00. The van der Waals surface area contributed by atoms with Gasteiger partial charge in [-0.3, -0.25) is 0 Å². The molecule has 88 valence electrons. The topological polar surface area (TPSA) is 12.5 Å². The van der Waals surface area contributed by atoms with Crippen molar-refractivity contribution in [1.82, 2.24) is 4.90 Å². The van der Waals surface area contributed by atoms with Gasteiger partial charge in [0.15, 0.2) is 0 Å². The molecule has 0 aliphatic heterocycles. The summed E-state index contributed by atoms with van der Waals surface area (Å²) in [5, 5.41) is 0. The zero-order chi connectivity index (χ0) is 12.3. The fraction of sp³-hybridized carbons (Fsp3) is 0.538. The molecular formula is C13H25NO. The summed E-state index contributed by atoms with van der Waals surface area (Å²) in [7, 11) is 3.68. The van der Waals surface area contributed by atoms with Crippen LogP contribution in [0, 0.1) is 0 Å². The van der Waals surface area contributed by atoms with Crippen molar-refractivity contribution in [3.63, 3.8) is 0 Å². The van der Waals surface area contributed by atoms with E-state index in [1.807, 2.05) is 44.9 Å². The first-order valence-electron chi connectivity index (χ1n) is 5.30. The first-order valence-corrected chi connectivity index (χ1v) is 5.30. The van der Waals surface area contributed by atoms with Crippen molar-refractivity contribution >= 4 is 0 Å². The van der Waals surface area contributed by atoms with Gasteiger partial charge in [0.2, 0.25) is 0 Å². The summed E-state index contributed by atoms with van der Waals surface area (Å²) < 4.78 is 4.96. The molecule has 0 aliphatic carbocycles. The summed E-state index contributed by atoms with van der Waals surface area (Å²) in [4.78, 5) is 2.04. The molecule has 0 fully saturated rings. The molecule has 0 aromatic rings. The average Bonchev–Trinajstić information content (AvgIpc) is 2.25. The third kappa shape index (κ3) is 10.9. The van der Waals surface area contributed by atoms with Crippen LogP contribution in [-0.4, -0.2) is 32.2 Å². The van der Waals surface area contributed by atoms with Crippen LogP contribution in [-0.2, 0) is 4.74 Å². The number of hydrogen-bond donors (Lipinski definition) is 0. The van der Waals surface area contributed by atoms with Crippen LogP contribution in [0.5, 0.6) is 0 Å². The molecule has 0 radical (unpaired) electrons. The van der Waals surface area contributed by atoms with Crippen molar-refractivity contribution < 1.29 is 4.74 Å². The number of likely N-dealkylation sites (N-methyl/N-ethyl adjacent to an activating group) is 1. The molecule has 0 saturated carbocycles. The van der Waals surface area contributed by atoms with Gasteiger partial charge in [-0.2, -0.15) is 0 Å². The molecule has 0 amide bonds. The maximum atomic E-state index is 4.96. The number of nitrogens with zero attached hydrogens (tertiary/aromatic N) is 1. The summed E-state index contributed by atoms with van der Waals surface area (Å²) in [6.45, 7) is 15.2. The van der Waals surface area contributed by atoms with E-state index in [0.29, 0.717) is 0 Å². The Morgan fingerprint density at radius 3 is 2.20 bits per heavy atom. The van der Waals surface area contributed by atoms with Crippen LogP contribution in [0.15, 0.2) is 36.6 Å². The van der Waals surface area contributed by atoms with Crippen molar-refractivity contribution in [1.29, 1.82) is 0 Å². The van der Waals surface area contributed by atoms with E-state index in [2.05, 4.69) is 13.2 Å². The van der Waals surface area contributed by atoms with Gasteiger partial charge in [0.05, 0.1) is 6.61 Å². The fourth-order valence-electron chi connectivity index (χ4n) is 0.738. The molecule has 0 aromatic heterocycles.